The van der Waals surface area contributed by atoms with Crippen LogP contribution in [0.15, 0.2) is 52.9 Å². The highest BCUT2D eigenvalue weighted by Crippen LogP contribution is 2.31. The number of amides is 1. The fourth-order valence-electron chi connectivity index (χ4n) is 4.91. The molecule has 1 saturated heterocycles. The number of piperazine rings is 1. The first-order valence-corrected chi connectivity index (χ1v) is 12.2. The van der Waals surface area contributed by atoms with Crippen molar-refractivity contribution >= 4 is 34.3 Å². The van der Waals surface area contributed by atoms with Gasteiger partial charge in [-0.1, -0.05) is 0 Å². The van der Waals surface area contributed by atoms with Gasteiger partial charge in [-0.2, -0.15) is 5.10 Å². The van der Waals surface area contributed by atoms with Crippen LogP contribution in [-0.2, 0) is 4.79 Å². The molecule has 0 saturated carbocycles. The highest BCUT2D eigenvalue weighted by Gasteiger charge is 2.34. The van der Waals surface area contributed by atoms with Crippen molar-refractivity contribution in [1.82, 2.24) is 30.0 Å². The molecular weight excluding hydrogens is 470 g/mol. The molecule has 1 amide bonds. The van der Waals surface area contributed by atoms with Gasteiger partial charge in [-0.3, -0.25) is 14.9 Å². The zero-order valence-corrected chi connectivity index (χ0v) is 21.6. The van der Waals surface area contributed by atoms with Crippen molar-refractivity contribution < 1.29 is 4.79 Å². The molecule has 1 aromatic carbocycles. The fraction of sp³-hybridized carbons (Fsp3) is 0.360. The lowest BCUT2D eigenvalue weighted by Crippen LogP contribution is -2.57. The van der Waals surface area contributed by atoms with Gasteiger partial charge < -0.3 is 25.9 Å². The molecule has 2 aliphatic heterocycles. The quantitative estimate of drug-likeness (QED) is 0.306. The number of nitrogens with two attached hydrogens (primary N) is 2. The zero-order chi connectivity index (χ0) is 26.3. The van der Waals surface area contributed by atoms with Crippen LogP contribution < -0.4 is 21.9 Å². The Labute approximate surface area is 215 Å². The van der Waals surface area contributed by atoms with E-state index in [2.05, 4.69) is 48.5 Å². The zero-order valence-electron chi connectivity index (χ0n) is 21.6. The fourth-order valence-corrected chi connectivity index (χ4v) is 4.91. The molecule has 2 aliphatic rings. The molecule has 1 atom stereocenters. The number of benzene rings is 1. The molecule has 3 aromatic rings. The number of pyridine rings is 1. The predicted octanol–water partition coefficient (Wildman–Crippen LogP) is 1.33. The van der Waals surface area contributed by atoms with Gasteiger partial charge in [0, 0.05) is 61.8 Å². The first-order chi connectivity index (χ1) is 17.8. The standard InChI is InChI=1S/C25H33N11O/c1-15-22(16(2)36(27)25(30-26)34(15)4)24(37)29-18-5-6-20-19(14-18)23(32-31-20)17-7-8-28-21(13-17)35-11-9-33(3)10-12-35/h5-8,13-14,16H,9-12,26-27H2,1-4H3,(H,29,37)(H,31,32)/b30-25-/t16-/m1/s1. The van der Waals surface area contributed by atoms with E-state index in [0.717, 1.165) is 59.9 Å². The predicted molar refractivity (Wildman–Crippen MR) is 145 cm³/mol. The van der Waals surface area contributed by atoms with E-state index in [-0.39, 0.29) is 5.91 Å². The van der Waals surface area contributed by atoms with Gasteiger partial charge in [0.15, 0.2) is 0 Å². The van der Waals surface area contributed by atoms with Gasteiger partial charge in [-0.05, 0) is 51.2 Å². The number of hydrazone groups is 1. The van der Waals surface area contributed by atoms with Gasteiger partial charge in [0.1, 0.15) is 11.5 Å². The topological polar surface area (TPSA) is 148 Å². The minimum absolute atomic E-state index is 0.242. The number of fused-ring (bicyclic) bond motifs is 1. The number of hydrogen-bond donors (Lipinski definition) is 4. The van der Waals surface area contributed by atoms with E-state index in [1.807, 2.05) is 44.3 Å². The van der Waals surface area contributed by atoms with Crippen molar-refractivity contribution in [2.45, 2.75) is 19.9 Å². The van der Waals surface area contributed by atoms with E-state index in [0.29, 0.717) is 17.2 Å². The maximum Gasteiger partial charge on any atom is 0.255 e. The number of aromatic amines is 1. The molecule has 37 heavy (non-hydrogen) atoms. The minimum atomic E-state index is -0.406. The van der Waals surface area contributed by atoms with Crippen molar-refractivity contribution in [3.05, 3.63) is 47.8 Å². The summed E-state index contributed by atoms with van der Waals surface area (Å²) >= 11 is 0. The molecule has 0 unspecified atom stereocenters. The van der Waals surface area contributed by atoms with E-state index >= 15 is 0 Å². The molecule has 5 rings (SSSR count). The number of carbonyl (C=O) groups is 1. The van der Waals surface area contributed by atoms with Crippen LogP contribution >= 0.6 is 0 Å². The normalized spacial score (nSPS) is 20.3. The summed E-state index contributed by atoms with van der Waals surface area (Å²) in [5.74, 6) is 12.8. The molecule has 4 heterocycles. The molecule has 2 aromatic heterocycles. The van der Waals surface area contributed by atoms with Crippen LogP contribution in [0.5, 0.6) is 0 Å². The Hall–Kier alpha value is -4.16. The van der Waals surface area contributed by atoms with E-state index < -0.39 is 6.04 Å². The lowest BCUT2D eigenvalue weighted by atomic mass is 10.0. The number of likely N-dealkylation sites (N-methyl/N-ethyl adjacent to an activating group) is 1. The van der Waals surface area contributed by atoms with Crippen LogP contribution in [0.3, 0.4) is 0 Å². The Morgan fingerprint density at radius 1 is 1.16 bits per heavy atom. The molecule has 0 aliphatic carbocycles. The number of carbonyl (C=O) groups excluding carboxylic acids is 1. The second-order valence-corrected chi connectivity index (χ2v) is 9.55. The van der Waals surface area contributed by atoms with Crippen LogP contribution in [0.2, 0.25) is 0 Å². The van der Waals surface area contributed by atoms with Crippen LogP contribution in [0.1, 0.15) is 13.8 Å². The third-order valence-corrected chi connectivity index (χ3v) is 7.29. The van der Waals surface area contributed by atoms with Gasteiger partial charge in [0.2, 0.25) is 5.96 Å². The van der Waals surface area contributed by atoms with Gasteiger partial charge in [-0.25, -0.2) is 10.8 Å². The number of guanidine groups is 1. The van der Waals surface area contributed by atoms with E-state index in [4.69, 9.17) is 11.7 Å². The second kappa shape index (κ2) is 9.71. The second-order valence-electron chi connectivity index (χ2n) is 9.55. The number of nitrogens with zero attached hydrogens (tertiary/aromatic N) is 7. The summed E-state index contributed by atoms with van der Waals surface area (Å²) in [5, 5.41) is 16.8. The molecule has 194 valence electrons. The SMILES string of the molecule is CC1=C(C(=O)Nc2ccc3[nH]nc(-c4ccnc(N5CCN(C)CC5)c4)c3c2)[C@@H](C)N(N)/C(=N\N)N1C. The summed E-state index contributed by atoms with van der Waals surface area (Å²) in [5.41, 5.74) is 4.58. The summed E-state index contributed by atoms with van der Waals surface area (Å²) in [4.78, 5) is 24.3. The minimum Gasteiger partial charge on any atom is -0.354 e. The third-order valence-electron chi connectivity index (χ3n) is 7.29. The summed E-state index contributed by atoms with van der Waals surface area (Å²) in [7, 11) is 3.91. The Balaban J connectivity index is 1.43. The van der Waals surface area contributed by atoms with Gasteiger partial charge in [0.05, 0.1) is 17.1 Å². The average Bonchev–Trinajstić information content (AvgIpc) is 3.32. The lowest BCUT2D eigenvalue weighted by Gasteiger charge is -2.39. The smallest absolute Gasteiger partial charge is 0.255 e. The highest BCUT2D eigenvalue weighted by molar-refractivity contribution is 6.08. The molecule has 12 heteroatoms. The number of aromatic nitrogens is 3. The Morgan fingerprint density at radius 3 is 2.65 bits per heavy atom. The molecular formula is C25H33N11O. The van der Waals surface area contributed by atoms with Crippen LogP contribution in [0, 0.1) is 0 Å². The van der Waals surface area contributed by atoms with Crippen molar-refractivity contribution in [3.63, 3.8) is 0 Å². The average molecular weight is 504 g/mol. The van der Waals surface area contributed by atoms with Gasteiger partial charge in [0.25, 0.3) is 5.91 Å². The van der Waals surface area contributed by atoms with Crippen molar-refractivity contribution in [1.29, 1.82) is 0 Å². The summed E-state index contributed by atoms with van der Waals surface area (Å²) in [6.07, 6.45) is 1.82. The lowest BCUT2D eigenvalue weighted by molar-refractivity contribution is -0.113. The highest BCUT2D eigenvalue weighted by atomic mass is 16.1. The van der Waals surface area contributed by atoms with Crippen LogP contribution in [0.25, 0.3) is 22.2 Å². The molecule has 6 N–H and O–H groups in total. The summed E-state index contributed by atoms with van der Waals surface area (Å²) in [6.45, 7) is 7.58. The number of hydrogen-bond acceptors (Lipinski definition) is 8. The number of H-pyrrole nitrogens is 1. The first kappa shape index (κ1) is 24.5. The third kappa shape index (κ3) is 4.45. The maximum absolute atomic E-state index is 13.4. The molecule has 0 spiro atoms. The molecule has 0 radical (unpaired) electrons. The summed E-state index contributed by atoms with van der Waals surface area (Å²) < 4.78 is 0. The molecule has 0 bridgehead atoms. The van der Waals surface area contributed by atoms with E-state index in [1.165, 1.54) is 5.01 Å². The number of anilines is 2. The van der Waals surface area contributed by atoms with Crippen molar-refractivity contribution in [2.24, 2.45) is 16.8 Å². The molecule has 1 fully saturated rings. The van der Waals surface area contributed by atoms with Crippen LogP contribution in [-0.4, -0.2) is 88.2 Å². The number of nitrogens with one attached hydrogen (secondary N) is 2. The molecule has 12 nitrogen and oxygen atoms in total. The number of allylic oxidation sites excluding steroid dienone is 1. The monoisotopic (exact) mass is 503 g/mol. The Bertz CT molecular complexity index is 1390. The van der Waals surface area contributed by atoms with Crippen LogP contribution in [0.4, 0.5) is 11.5 Å². The Morgan fingerprint density at radius 2 is 1.92 bits per heavy atom. The van der Waals surface area contributed by atoms with Crippen molar-refractivity contribution in [3.8, 4) is 11.3 Å². The van der Waals surface area contributed by atoms with E-state index in [1.54, 1.807) is 11.9 Å². The summed E-state index contributed by atoms with van der Waals surface area (Å²) in [6, 6.07) is 9.33. The largest absolute Gasteiger partial charge is 0.354 e. The number of hydrazine groups is 1. The number of rotatable bonds is 4. The van der Waals surface area contributed by atoms with E-state index in [9.17, 15) is 4.79 Å². The Kier molecular flexibility index (Phi) is 6.44. The van der Waals surface area contributed by atoms with Crippen molar-refractivity contribution in [2.75, 3.05) is 50.5 Å². The van der Waals surface area contributed by atoms with Gasteiger partial charge >= 0.3 is 0 Å². The van der Waals surface area contributed by atoms with Gasteiger partial charge in [-0.15, -0.1) is 5.10 Å². The maximum atomic E-state index is 13.4. The first-order valence-electron chi connectivity index (χ1n) is 12.2.